The van der Waals surface area contributed by atoms with E-state index < -0.39 is 0 Å². The first-order valence-corrected chi connectivity index (χ1v) is 9.39. The first kappa shape index (κ1) is 18.5. The molecule has 1 atom stereocenters. The molecule has 2 aromatic rings. The molecule has 0 radical (unpaired) electrons. The zero-order valence-corrected chi connectivity index (χ0v) is 15.9. The van der Waals surface area contributed by atoms with E-state index in [4.69, 9.17) is 4.74 Å². The van der Waals surface area contributed by atoms with E-state index in [1.165, 1.54) is 0 Å². The minimum absolute atomic E-state index is 0.0191. The van der Waals surface area contributed by atoms with Gasteiger partial charge in [0.15, 0.2) is 0 Å². The van der Waals surface area contributed by atoms with Crippen LogP contribution < -0.4 is 10.1 Å². The zero-order valence-electron chi connectivity index (χ0n) is 14.4. The van der Waals surface area contributed by atoms with Gasteiger partial charge in [0.05, 0.1) is 12.5 Å². The fourth-order valence-electron chi connectivity index (χ4n) is 2.96. The van der Waals surface area contributed by atoms with Crippen molar-refractivity contribution in [2.75, 3.05) is 19.7 Å². The monoisotopic (exact) mass is 416 g/mol. The maximum atomic E-state index is 12.3. The first-order valence-electron chi connectivity index (χ1n) is 8.59. The maximum Gasteiger partial charge on any atom is 0.225 e. The van der Waals surface area contributed by atoms with E-state index in [1.54, 1.807) is 4.90 Å². The molecule has 0 spiro atoms. The lowest BCUT2D eigenvalue weighted by molar-refractivity contribution is -0.129. The molecule has 1 aliphatic heterocycles. The Labute approximate surface area is 161 Å². The number of carbonyl (C=O) groups excluding carboxylic acids is 2. The lowest BCUT2D eigenvalue weighted by atomic mass is 10.1. The average Bonchev–Trinajstić information content (AvgIpc) is 3.00. The Hall–Kier alpha value is -2.34. The summed E-state index contributed by atoms with van der Waals surface area (Å²) < 4.78 is 6.54. The van der Waals surface area contributed by atoms with Gasteiger partial charge in [-0.25, -0.2) is 0 Å². The predicted octanol–water partition coefficient (Wildman–Crippen LogP) is 2.99. The molecule has 0 saturated carbocycles. The Bertz CT molecular complexity index is 767. The highest BCUT2D eigenvalue weighted by Crippen LogP contribution is 2.21. The van der Waals surface area contributed by atoms with Gasteiger partial charge in [-0.2, -0.15) is 0 Å². The van der Waals surface area contributed by atoms with Crippen molar-refractivity contribution in [3.8, 4) is 5.75 Å². The SMILES string of the molecule is O=C(NCCOc1ccccc1)C1CC(=O)N(Cc2cccc(Br)c2)C1. The van der Waals surface area contributed by atoms with E-state index in [2.05, 4.69) is 21.2 Å². The standard InChI is InChI=1S/C20H21BrN2O3/c21-17-6-4-5-15(11-17)13-23-14-16(12-19(23)24)20(25)22-9-10-26-18-7-2-1-3-8-18/h1-8,11,16H,9-10,12-14H2,(H,22,25). The summed E-state index contributed by atoms with van der Waals surface area (Å²) in [6.45, 7) is 1.80. The van der Waals surface area contributed by atoms with Crippen LogP contribution in [-0.4, -0.2) is 36.4 Å². The van der Waals surface area contributed by atoms with Crippen molar-refractivity contribution >= 4 is 27.7 Å². The lowest BCUT2D eigenvalue weighted by Crippen LogP contribution is -2.35. The second-order valence-corrected chi connectivity index (χ2v) is 7.17. The topological polar surface area (TPSA) is 58.6 Å². The fraction of sp³-hybridized carbons (Fsp3) is 0.300. The van der Waals surface area contributed by atoms with Crippen LogP contribution in [0.25, 0.3) is 0 Å². The van der Waals surface area contributed by atoms with Crippen molar-refractivity contribution in [2.24, 2.45) is 5.92 Å². The summed E-state index contributed by atoms with van der Waals surface area (Å²) in [6, 6.07) is 17.3. The number of nitrogens with one attached hydrogen (secondary N) is 1. The number of carbonyl (C=O) groups is 2. The maximum absolute atomic E-state index is 12.3. The molecule has 2 aromatic carbocycles. The van der Waals surface area contributed by atoms with Crippen molar-refractivity contribution < 1.29 is 14.3 Å². The fourth-order valence-corrected chi connectivity index (χ4v) is 3.41. The van der Waals surface area contributed by atoms with Gasteiger partial charge in [-0.1, -0.05) is 46.3 Å². The third-order valence-electron chi connectivity index (χ3n) is 4.26. The van der Waals surface area contributed by atoms with E-state index in [0.29, 0.717) is 26.2 Å². The molecule has 1 saturated heterocycles. The average molecular weight is 417 g/mol. The van der Waals surface area contributed by atoms with Gasteiger partial charge in [-0.05, 0) is 29.8 Å². The highest BCUT2D eigenvalue weighted by molar-refractivity contribution is 9.10. The number of para-hydroxylation sites is 1. The molecule has 26 heavy (non-hydrogen) atoms. The summed E-state index contributed by atoms with van der Waals surface area (Å²) in [6.07, 6.45) is 0.263. The molecule has 0 bridgehead atoms. The van der Waals surface area contributed by atoms with Crippen LogP contribution in [0, 0.1) is 5.92 Å². The molecule has 0 aliphatic carbocycles. The van der Waals surface area contributed by atoms with Gasteiger partial charge in [0.2, 0.25) is 11.8 Å². The summed E-state index contributed by atoms with van der Waals surface area (Å²) in [4.78, 5) is 26.2. The van der Waals surface area contributed by atoms with Crippen molar-refractivity contribution in [1.82, 2.24) is 10.2 Å². The van der Waals surface area contributed by atoms with Crippen LogP contribution in [0.4, 0.5) is 0 Å². The minimum Gasteiger partial charge on any atom is -0.492 e. The normalized spacial score (nSPS) is 16.6. The Morgan fingerprint density at radius 3 is 2.77 bits per heavy atom. The van der Waals surface area contributed by atoms with Gasteiger partial charge in [0.1, 0.15) is 12.4 Å². The van der Waals surface area contributed by atoms with E-state index in [0.717, 1.165) is 15.8 Å². The molecule has 0 aromatic heterocycles. The summed E-state index contributed by atoms with van der Waals surface area (Å²) in [5.74, 6) is 0.404. The molecule has 1 fully saturated rings. The van der Waals surface area contributed by atoms with E-state index >= 15 is 0 Å². The number of hydrogen-bond donors (Lipinski definition) is 1. The van der Waals surface area contributed by atoms with Crippen LogP contribution in [0.5, 0.6) is 5.75 Å². The second kappa shape index (κ2) is 8.85. The first-order chi connectivity index (χ1) is 12.6. The predicted molar refractivity (Wildman–Crippen MR) is 103 cm³/mol. The number of hydrogen-bond acceptors (Lipinski definition) is 3. The highest BCUT2D eigenvalue weighted by Gasteiger charge is 2.34. The highest BCUT2D eigenvalue weighted by atomic mass is 79.9. The third kappa shape index (κ3) is 5.08. The summed E-state index contributed by atoms with van der Waals surface area (Å²) >= 11 is 3.43. The Balaban J connectivity index is 1.43. The molecule has 2 amide bonds. The molecule has 5 nitrogen and oxygen atoms in total. The number of benzene rings is 2. The number of ether oxygens (including phenoxy) is 1. The molecule has 3 rings (SSSR count). The van der Waals surface area contributed by atoms with Gasteiger partial charge in [-0.15, -0.1) is 0 Å². The minimum atomic E-state index is -0.300. The van der Waals surface area contributed by atoms with Crippen molar-refractivity contribution in [3.05, 3.63) is 64.6 Å². The largest absolute Gasteiger partial charge is 0.492 e. The van der Waals surface area contributed by atoms with Gasteiger partial charge >= 0.3 is 0 Å². The van der Waals surface area contributed by atoms with Crippen molar-refractivity contribution in [1.29, 1.82) is 0 Å². The van der Waals surface area contributed by atoms with E-state index in [9.17, 15) is 9.59 Å². The van der Waals surface area contributed by atoms with Gasteiger partial charge in [0.25, 0.3) is 0 Å². The van der Waals surface area contributed by atoms with Gasteiger partial charge in [-0.3, -0.25) is 9.59 Å². The number of rotatable bonds is 7. The van der Waals surface area contributed by atoms with Crippen LogP contribution in [0.1, 0.15) is 12.0 Å². The third-order valence-corrected chi connectivity index (χ3v) is 4.75. The van der Waals surface area contributed by atoms with Crippen LogP contribution >= 0.6 is 15.9 Å². The summed E-state index contributed by atoms with van der Waals surface area (Å²) in [7, 11) is 0. The molecule has 1 heterocycles. The zero-order chi connectivity index (χ0) is 18.4. The molecule has 1 aliphatic rings. The van der Waals surface area contributed by atoms with Gasteiger partial charge in [0, 0.05) is 24.0 Å². The van der Waals surface area contributed by atoms with E-state index in [-0.39, 0.29) is 24.2 Å². The molecular weight excluding hydrogens is 396 g/mol. The Morgan fingerprint density at radius 2 is 2.00 bits per heavy atom. The summed E-state index contributed by atoms with van der Waals surface area (Å²) in [5.41, 5.74) is 1.05. The van der Waals surface area contributed by atoms with Crippen molar-refractivity contribution in [2.45, 2.75) is 13.0 Å². The number of nitrogens with zero attached hydrogens (tertiary/aromatic N) is 1. The van der Waals surface area contributed by atoms with E-state index in [1.807, 2.05) is 54.6 Å². The van der Waals surface area contributed by atoms with Crippen LogP contribution in [0.3, 0.4) is 0 Å². The Morgan fingerprint density at radius 1 is 1.19 bits per heavy atom. The molecule has 136 valence electrons. The summed E-state index contributed by atoms with van der Waals surface area (Å²) in [5, 5.41) is 2.86. The van der Waals surface area contributed by atoms with Crippen LogP contribution in [0.15, 0.2) is 59.1 Å². The van der Waals surface area contributed by atoms with Crippen LogP contribution in [-0.2, 0) is 16.1 Å². The van der Waals surface area contributed by atoms with Gasteiger partial charge < -0.3 is 15.0 Å². The number of halogens is 1. The quantitative estimate of drug-likeness (QED) is 0.705. The van der Waals surface area contributed by atoms with Crippen LogP contribution in [0.2, 0.25) is 0 Å². The van der Waals surface area contributed by atoms with Crippen molar-refractivity contribution in [3.63, 3.8) is 0 Å². The lowest BCUT2D eigenvalue weighted by Gasteiger charge is -2.17. The number of likely N-dealkylation sites (tertiary alicyclic amines) is 1. The molecule has 6 heteroatoms. The smallest absolute Gasteiger partial charge is 0.225 e. The second-order valence-electron chi connectivity index (χ2n) is 6.26. The Kier molecular flexibility index (Phi) is 6.28. The molecule has 1 unspecified atom stereocenters. The molecular formula is C20H21BrN2O3. The molecule has 1 N–H and O–H groups in total. The number of amides is 2.